The van der Waals surface area contributed by atoms with E-state index in [0.29, 0.717) is 32.6 Å². The first-order chi connectivity index (χ1) is 13.6. The number of fused-ring (bicyclic) bond motifs is 1. The fourth-order valence-electron chi connectivity index (χ4n) is 3.15. The second-order valence-corrected chi connectivity index (χ2v) is 6.99. The molecule has 29 heavy (non-hydrogen) atoms. The maximum Gasteiger partial charge on any atom is 0.416 e. The average Bonchev–Trinajstić information content (AvgIpc) is 2.94. The number of halogens is 4. The van der Waals surface area contributed by atoms with Gasteiger partial charge in [-0.2, -0.15) is 18.4 Å². The van der Waals surface area contributed by atoms with E-state index in [9.17, 15) is 18.0 Å². The number of hydrogen-bond donors (Lipinski definition) is 1. The second-order valence-electron chi connectivity index (χ2n) is 6.55. The lowest BCUT2D eigenvalue weighted by Crippen LogP contribution is -2.07. The Bertz CT molecular complexity index is 1190. The second kappa shape index (κ2) is 7.64. The first-order valence-electron chi connectivity index (χ1n) is 8.39. The molecule has 0 aliphatic heterocycles. The van der Waals surface area contributed by atoms with Gasteiger partial charge in [-0.15, -0.1) is 0 Å². The number of benzene rings is 2. The predicted molar refractivity (Wildman–Crippen MR) is 103 cm³/mol. The molecule has 0 atom stereocenters. The number of aromatic nitrogens is 1. The van der Waals surface area contributed by atoms with Gasteiger partial charge in [0.05, 0.1) is 5.56 Å². The van der Waals surface area contributed by atoms with E-state index in [2.05, 4.69) is 0 Å². The number of aliphatic carboxylic acids is 1. The van der Waals surface area contributed by atoms with Crippen LogP contribution >= 0.6 is 11.6 Å². The molecule has 148 valence electrons. The lowest BCUT2D eigenvalue weighted by atomic mass is 10.1. The van der Waals surface area contributed by atoms with Gasteiger partial charge in [-0.1, -0.05) is 23.2 Å². The predicted octanol–water partition coefficient (Wildman–Crippen LogP) is 5.66. The first-order valence-corrected chi connectivity index (χ1v) is 8.77. The van der Waals surface area contributed by atoms with Crippen molar-refractivity contribution in [3.63, 3.8) is 0 Å². The molecule has 1 heterocycles. The molecule has 4 nitrogen and oxygen atoms in total. The number of nitriles is 1. The average molecular weight is 419 g/mol. The summed E-state index contributed by atoms with van der Waals surface area (Å²) >= 11 is 6.05. The van der Waals surface area contributed by atoms with Crippen LogP contribution in [0.15, 0.2) is 48.2 Å². The molecule has 0 spiro atoms. The Morgan fingerprint density at radius 2 is 2.00 bits per heavy atom. The highest BCUT2D eigenvalue weighted by molar-refractivity contribution is 6.31. The summed E-state index contributed by atoms with van der Waals surface area (Å²) in [5, 5.41) is 19.1. The number of carbonyl (C=O) groups is 1. The van der Waals surface area contributed by atoms with E-state index in [1.54, 1.807) is 48.0 Å². The smallest absolute Gasteiger partial charge is 0.416 e. The van der Waals surface area contributed by atoms with Crippen molar-refractivity contribution in [3.05, 3.63) is 75.4 Å². The molecule has 0 saturated carbocycles. The SMILES string of the molecule is Cc1cc(Cn2cc(/C=C(\C#N)C(=O)O)c3cc(Cl)ccc32)cc(C(F)(F)F)c1. The van der Waals surface area contributed by atoms with Gasteiger partial charge in [0.1, 0.15) is 11.6 Å². The van der Waals surface area contributed by atoms with Gasteiger partial charge >= 0.3 is 12.1 Å². The zero-order valence-electron chi connectivity index (χ0n) is 15.1. The summed E-state index contributed by atoms with van der Waals surface area (Å²) in [7, 11) is 0. The van der Waals surface area contributed by atoms with Crippen molar-refractivity contribution in [3.8, 4) is 6.07 Å². The molecule has 0 saturated heterocycles. The summed E-state index contributed by atoms with van der Waals surface area (Å²) in [5.74, 6) is -1.37. The molecular formula is C21H14ClF3N2O2. The minimum atomic E-state index is -4.45. The van der Waals surface area contributed by atoms with Gasteiger partial charge < -0.3 is 9.67 Å². The third-order valence-electron chi connectivity index (χ3n) is 4.34. The minimum Gasteiger partial charge on any atom is -0.477 e. The van der Waals surface area contributed by atoms with Crippen molar-refractivity contribution in [2.75, 3.05) is 0 Å². The van der Waals surface area contributed by atoms with Gasteiger partial charge in [0.2, 0.25) is 0 Å². The number of carboxylic acid groups (broad SMARTS) is 1. The highest BCUT2D eigenvalue weighted by atomic mass is 35.5. The topological polar surface area (TPSA) is 66.0 Å². The Balaban J connectivity index is 2.14. The molecule has 0 fully saturated rings. The Kier molecular flexibility index (Phi) is 5.40. The van der Waals surface area contributed by atoms with Crippen LogP contribution in [0.3, 0.4) is 0 Å². The number of alkyl halides is 3. The van der Waals surface area contributed by atoms with Crippen LogP contribution in [0.2, 0.25) is 5.02 Å². The zero-order valence-corrected chi connectivity index (χ0v) is 15.8. The standard InChI is InChI=1S/C21H14ClF3N2O2/c1-12-4-13(6-16(5-12)21(23,24)25)10-27-11-15(7-14(9-26)20(28)29)18-8-17(22)2-3-19(18)27/h2-8,11H,10H2,1H3,(H,28,29)/b14-7+. The number of nitrogens with zero attached hydrogens (tertiary/aromatic N) is 2. The van der Waals surface area contributed by atoms with Crippen LogP contribution in [0.25, 0.3) is 17.0 Å². The van der Waals surface area contributed by atoms with Crippen LogP contribution in [-0.2, 0) is 17.5 Å². The number of aryl methyl sites for hydroxylation is 1. The van der Waals surface area contributed by atoms with E-state index >= 15 is 0 Å². The summed E-state index contributed by atoms with van der Waals surface area (Å²) in [4.78, 5) is 11.2. The summed E-state index contributed by atoms with van der Waals surface area (Å²) in [6.45, 7) is 1.72. The molecule has 0 bridgehead atoms. The van der Waals surface area contributed by atoms with Crippen molar-refractivity contribution in [2.24, 2.45) is 0 Å². The van der Waals surface area contributed by atoms with Crippen molar-refractivity contribution < 1.29 is 23.1 Å². The first kappa shape index (κ1) is 20.5. The molecule has 3 rings (SSSR count). The van der Waals surface area contributed by atoms with E-state index in [1.165, 1.54) is 6.08 Å². The van der Waals surface area contributed by atoms with Crippen LogP contribution in [0, 0.1) is 18.3 Å². The highest BCUT2D eigenvalue weighted by Crippen LogP contribution is 2.32. The minimum absolute atomic E-state index is 0.131. The Morgan fingerprint density at radius 1 is 1.28 bits per heavy atom. The fraction of sp³-hybridized carbons (Fsp3) is 0.143. The molecule has 8 heteroatoms. The molecule has 0 aliphatic carbocycles. The molecule has 0 unspecified atom stereocenters. The quantitative estimate of drug-likeness (QED) is 0.439. The van der Waals surface area contributed by atoms with Crippen molar-refractivity contribution in [2.45, 2.75) is 19.6 Å². The normalized spacial score (nSPS) is 12.2. The highest BCUT2D eigenvalue weighted by Gasteiger charge is 2.30. The summed E-state index contributed by atoms with van der Waals surface area (Å²) in [6, 6.07) is 10.4. The van der Waals surface area contributed by atoms with Gasteiger partial charge in [0.15, 0.2) is 0 Å². The zero-order chi connectivity index (χ0) is 21.3. The summed E-state index contributed by atoms with van der Waals surface area (Å²) < 4.78 is 41.1. The van der Waals surface area contributed by atoms with Gasteiger partial charge in [0.25, 0.3) is 0 Å². The van der Waals surface area contributed by atoms with Crippen molar-refractivity contribution >= 4 is 34.5 Å². The monoisotopic (exact) mass is 418 g/mol. The Labute approximate surface area is 169 Å². The van der Waals surface area contributed by atoms with Crippen LogP contribution < -0.4 is 0 Å². The summed E-state index contributed by atoms with van der Waals surface area (Å²) in [5.41, 5.74) is 0.817. The fourth-order valence-corrected chi connectivity index (χ4v) is 3.33. The summed E-state index contributed by atoms with van der Waals surface area (Å²) in [6.07, 6.45) is -1.64. The third kappa shape index (κ3) is 4.44. The van der Waals surface area contributed by atoms with E-state index in [-0.39, 0.29) is 6.54 Å². The molecular weight excluding hydrogens is 405 g/mol. The van der Waals surface area contributed by atoms with E-state index in [1.807, 2.05) is 0 Å². The van der Waals surface area contributed by atoms with Crippen LogP contribution in [0.5, 0.6) is 0 Å². The van der Waals surface area contributed by atoms with Gasteiger partial charge in [0, 0.05) is 34.2 Å². The number of hydrogen-bond acceptors (Lipinski definition) is 2. The Morgan fingerprint density at radius 3 is 2.62 bits per heavy atom. The maximum atomic E-state index is 13.1. The van der Waals surface area contributed by atoms with E-state index in [4.69, 9.17) is 22.0 Å². The van der Waals surface area contributed by atoms with Crippen LogP contribution in [0.1, 0.15) is 22.3 Å². The van der Waals surface area contributed by atoms with Gasteiger partial charge in [-0.25, -0.2) is 4.79 Å². The molecule has 0 radical (unpaired) electrons. The van der Waals surface area contributed by atoms with Crippen LogP contribution in [0.4, 0.5) is 13.2 Å². The largest absolute Gasteiger partial charge is 0.477 e. The maximum absolute atomic E-state index is 13.1. The van der Waals surface area contributed by atoms with Gasteiger partial charge in [-0.3, -0.25) is 0 Å². The van der Waals surface area contributed by atoms with Gasteiger partial charge in [-0.05, 0) is 48.9 Å². The Hall–Kier alpha value is -3.24. The number of rotatable bonds is 4. The van der Waals surface area contributed by atoms with Crippen molar-refractivity contribution in [1.29, 1.82) is 5.26 Å². The van der Waals surface area contributed by atoms with Crippen molar-refractivity contribution in [1.82, 2.24) is 4.57 Å². The van der Waals surface area contributed by atoms with Crippen LogP contribution in [-0.4, -0.2) is 15.6 Å². The lowest BCUT2D eigenvalue weighted by Gasteiger charge is -2.12. The third-order valence-corrected chi connectivity index (χ3v) is 4.58. The molecule has 0 amide bonds. The van der Waals surface area contributed by atoms with E-state index in [0.717, 1.165) is 12.1 Å². The van der Waals surface area contributed by atoms with E-state index < -0.39 is 23.3 Å². The molecule has 1 aromatic heterocycles. The molecule has 0 aliphatic rings. The lowest BCUT2D eigenvalue weighted by molar-refractivity contribution is -0.137. The molecule has 2 aromatic carbocycles. The number of carboxylic acids is 1. The molecule has 3 aromatic rings. The molecule has 1 N–H and O–H groups in total.